The summed E-state index contributed by atoms with van der Waals surface area (Å²) in [6.45, 7) is 0. The van der Waals surface area contributed by atoms with E-state index in [1.165, 1.54) is 6.42 Å². The number of nitrogens with one attached hydrogen (secondary N) is 1. The minimum atomic E-state index is -0.755. The number of anilines is 1. The van der Waals surface area contributed by atoms with Gasteiger partial charge in [0.2, 0.25) is 0 Å². The largest absolute Gasteiger partial charge is 0.508 e. The summed E-state index contributed by atoms with van der Waals surface area (Å²) in [5.41, 5.74) is 0.104. The first-order valence-electron chi connectivity index (χ1n) is 5.48. The van der Waals surface area contributed by atoms with Crippen LogP contribution in [0, 0.1) is 0 Å². The Balaban J connectivity index is 2.03. The molecule has 0 radical (unpaired) electrons. The van der Waals surface area contributed by atoms with Gasteiger partial charge < -0.3 is 15.5 Å². The molecule has 82 valence electrons. The monoisotopic (exact) mass is 207 g/mol. The second-order valence-corrected chi connectivity index (χ2v) is 4.26. The molecule has 1 aromatic rings. The molecule has 3 heteroatoms. The Kier molecular flexibility index (Phi) is 2.82. The van der Waals surface area contributed by atoms with Gasteiger partial charge in [-0.05, 0) is 49.9 Å². The maximum absolute atomic E-state index is 10.2. The molecule has 0 unspecified atom stereocenters. The van der Waals surface area contributed by atoms with Crippen molar-refractivity contribution in [3.05, 3.63) is 24.3 Å². The molecule has 0 spiro atoms. The van der Waals surface area contributed by atoms with Crippen molar-refractivity contribution in [2.75, 3.05) is 5.32 Å². The molecule has 1 aromatic carbocycles. The molecular weight excluding hydrogens is 190 g/mol. The van der Waals surface area contributed by atoms with E-state index < -0.39 is 5.72 Å². The van der Waals surface area contributed by atoms with Gasteiger partial charge in [-0.1, -0.05) is 6.42 Å². The van der Waals surface area contributed by atoms with Gasteiger partial charge in [0.15, 0.2) is 0 Å². The molecule has 1 aliphatic rings. The molecule has 0 aromatic heterocycles. The van der Waals surface area contributed by atoms with Crippen LogP contribution in [0.15, 0.2) is 24.3 Å². The second-order valence-electron chi connectivity index (χ2n) is 4.26. The zero-order valence-electron chi connectivity index (χ0n) is 8.74. The van der Waals surface area contributed by atoms with Crippen LogP contribution in [0.25, 0.3) is 0 Å². The molecule has 2 rings (SSSR count). The number of aromatic hydroxyl groups is 1. The van der Waals surface area contributed by atoms with Crippen LogP contribution in [0.4, 0.5) is 5.69 Å². The summed E-state index contributed by atoms with van der Waals surface area (Å²) in [5, 5.41) is 22.5. The normalized spacial score (nSPS) is 19.8. The van der Waals surface area contributed by atoms with E-state index in [4.69, 9.17) is 5.11 Å². The average Bonchev–Trinajstić information content (AvgIpc) is 2.22. The van der Waals surface area contributed by atoms with Crippen LogP contribution >= 0.6 is 0 Å². The molecule has 0 saturated heterocycles. The van der Waals surface area contributed by atoms with Crippen molar-refractivity contribution < 1.29 is 10.2 Å². The number of aliphatic hydroxyl groups is 1. The van der Waals surface area contributed by atoms with Gasteiger partial charge >= 0.3 is 0 Å². The fourth-order valence-electron chi connectivity index (χ4n) is 2.08. The van der Waals surface area contributed by atoms with Gasteiger partial charge in [-0.15, -0.1) is 0 Å². The first-order chi connectivity index (χ1) is 7.18. The van der Waals surface area contributed by atoms with Gasteiger partial charge in [0.1, 0.15) is 11.5 Å². The SMILES string of the molecule is Oc1ccc(NC2(O)CCCCC2)cc1. The van der Waals surface area contributed by atoms with Gasteiger partial charge in [0, 0.05) is 5.69 Å². The Morgan fingerprint density at radius 1 is 1.00 bits per heavy atom. The fourth-order valence-corrected chi connectivity index (χ4v) is 2.08. The molecule has 1 aliphatic carbocycles. The van der Waals surface area contributed by atoms with Crippen molar-refractivity contribution in [2.45, 2.75) is 37.8 Å². The Labute approximate surface area is 89.8 Å². The molecule has 0 bridgehead atoms. The molecule has 3 N–H and O–H groups in total. The highest BCUT2D eigenvalue weighted by Crippen LogP contribution is 2.29. The zero-order valence-corrected chi connectivity index (χ0v) is 8.74. The predicted octanol–water partition coefficient (Wildman–Crippen LogP) is 2.46. The third-order valence-electron chi connectivity index (χ3n) is 2.93. The summed E-state index contributed by atoms with van der Waals surface area (Å²) in [4.78, 5) is 0. The fraction of sp³-hybridized carbons (Fsp3) is 0.500. The maximum Gasteiger partial charge on any atom is 0.135 e. The van der Waals surface area contributed by atoms with Crippen molar-refractivity contribution >= 4 is 5.69 Å². The number of hydrogen-bond donors (Lipinski definition) is 3. The van der Waals surface area contributed by atoms with Crippen LogP contribution in [0.2, 0.25) is 0 Å². The quantitative estimate of drug-likeness (QED) is 0.515. The maximum atomic E-state index is 10.2. The number of benzene rings is 1. The number of phenols is 1. The van der Waals surface area contributed by atoms with Crippen molar-refractivity contribution in [3.63, 3.8) is 0 Å². The van der Waals surface area contributed by atoms with E-state index >= 15 is 0 Å². The number of hydrogen-bond acceptors (Lipinski definition) is 3. The van der Waals surface area contributed by atoms with Crippen LogP contribution in [0.3, 0.4) is 0 Å². The summed E-state index contributed by atoms with van der Waals surface area (Å²) >= 11 is 0. The van der Waals surface area contributed by atoms with Crippen LogP contribution < -0.4 is 5.32 Å². The van der Waals surface area contributed by atoms with E-state index in [1.807, 2.05) is 0 Å². The summed E-state index contributed by atoms with van der Waals surface area (Å²) in [5.74, 6) is 0.246. The van der Waals surface area contributed by atoms with Crippen molar-refractivity contribution in [1.29, 1.82) is 0 Å². The topological polar surface area (TPSA) is 52.5 Å². The highest BCUT2D eigenvalue weighted by molar-refractivity contribution is 5.47. The minimum absolute atomic E-state index is 0.246. The van der Waals surface area contributed by atoms with E-state index in [2.05, 4.69) is 5.32 Å². The van der Waals surface area contributed by atoms with Crippen molar-refractivity contribution in [1.82, 2.24) is 0 Å². The Morgan fingerprint density at radius 3 is 2.20 bits per heavy atom. The Morgan fingerprint density at radius 2 is 1.60 bits per heavy atom. The molecule has 15 heavy (non-hydrogen) atoms. The predicted molar refractivity (Wildman–Crippen MR) is 59.8 cm³/mol. The summed E-state index contributed by atoms with van der Waals surface area (Å²) in [6.07, 6.45) is 4.95. The smallest absolute Gasteiger partial charge is 0.135 e. The van der Waals surface area contributed by atoms with Crippen LogP contribution in [0.5, 0.6) is 5.75 Å². The van der Waals surface area contributed by atoms with Gasteiger partial charge in [0.25, 0.3) is 0 Å². The van der Waals surface area contributed by atoms with Gasteiger partial charge in [-0.3, -0.25) is 0 Å². The summed E-state index contributed by atoms with van der Waals surface area (Å²) in [6, 6.07) is 6.80. The highest BCUT2D eigenvalue weighted by atomic mass is 16.3. The Bertz CT molecular complexity index is 315. The number of phenolic OH excluding ortho intramolecular Hbond substituents is 1. The highest BCUT2D eigenvalue weighted by Gasteiger charge is 2.28. The van der Waals surface area contributed by atoms with E-state index in [0.717, 1.165) is 31.4 Å². The van der Waals surface area contributed by atoms with E-state index in [0.29, 0.717) is 0 Å². The third-order valence-corrected chi connectivity index (χ3v) is 2.93. The lowest BCUT2D eigenvalue weighted by molar-refractivity contribution is 0.0317. The van der Waals surface area contributed by atoms with Crippen LogP contribution in [0.1, 0.15) is 32.1 Å². The standard InChI is InChI=1S/C12H17NO2/c14-11-6-4-10(5-7-11)13-12(15)8-2-1-3-9-12/h4-7,13-15H,1-3,8-9H2. The molecule has 3 nitrogen and oxygen atoms in total. The first-order valence-corrected chi connectivity index (χ1v) is 5.48. The lowest BCUT2D eigenvalue weighted by Gasteiger charge is -2.33. The summed E-state index contributed by atoms with van der Waals surface area (Å²) in [7, 11) is 0. The molecular formula is C12H17NO2. The molecule has 0 amide bonds. The zero-order chi connectivity index (χ0) is 10.7. The van der Waals surface area contributed by atoms with Gasteiger partial charge in [0.05, 0.1) is 0 Å². The molecule has 0 aliphatic heterocycles. The first kappa shape index (κ1) is 10.3. The summed E-state index contributed by atoms with van der Waals surface area (Å²) < 4.78 is 0. The van der Waals surface area contributed by atoms with E-state index in [1.54, 1.807) is 24.3 Å². The van der Waals surface area contributed by atoms with Crippen molar-refractivity contribution in [3.8, 4) is 5.75 Å². The van der Waals surface area contributed by atoms with Gasteiger partial charge in [-0.25, -0.2) is 0 Å². The van der Waals surface area contributed by atoms with Crippen LogP contribution in [-0.4, -0.2) is 15.9 Å². The van der Waals surface area contributed by atoms with E-state index in [-0.39, 0.29) is 5.75 Å². The van der Waals surface area contributed by atoms with E-state index in [9.17, 15) is 5.11 Å². The van der Waals surface area contributed by atoms with Crippen LogP contribution in [-0.2, 0) is 0 Å². The molecule has 1 fully saturated rings. The van der Waals surface area contributed by atoms with Gasteiger partial charge in [-0.2, -0.15) is 0 Å². The molecule has 0 heterocycles. The minimum Gasteiger partial charge on any atom is -0.508 e. The molecule has 1 saturated carbocycles. The third kappa shape index (κ3) is 2.63. The van der Waals surface area contributed by atoms with Crippen molar-refractivity contribution in [2.24, 2.45) is 0 Å². The average molecular weight is 207 g/mol. The molecule has 0 atom stereocenters. The second kappa shape index (κ2) is 4.11. The Hall–Kier alpha value is -1.22. The lowest BCUT2D eigenvalue weighted by Crippen LogP contribution is -2.39. The number of rotatable bonds is 2. The lowest BCUT2D eigenvalue weighted by atomic mass is 9.91.